The van der Waals surface area contributed by atoms with E-state index in [-0.39, 0.29) is 5.54 Å². The second-order valence-corrected chi connectivity index (χ2v) is 8.67. The highest BCUT2D eigenvalue weighted by atomic mass is 16.2. The Morgan fingerprint density at radius 1 is 1.00 bits per heavy atom. The molecule has 5 fully saturated rings. The SMILES string of the molecule is CC12CC3CC(C)(C1)CC(NC(=O)C1CC1)(C3)C2. The predicted octanol–water partition coefficient (Wildman–Crippen LogP) is 3.26. The fraction of sp³-hybridized carbons (Fsp3) is 0.938. The van der Waals surface area contributed by atoms with E-state index in [0.717, 1.165) is 18.8 Å². The Hall–Kier alpha value is -0.530. The Labute approximate surface area is 110 Å². The van der Waals surface area contributed by atoms with Gasteiger partial charge in [-0.2, -0.15) is 0 Å². The van der Waals surface area contributed by atoms with Crippen molar-refractivity contribution in [3.63, 3.8) is 0 Å². The molecule has 18 heavy (non-hydrogen) atoms. The number of amides is 1. The molecule has 0 spiro atoms. The first-order valence-corrected chi connectivity index (χ1v) is 7.72. The van der Waals surface area contributed by atoms with Crippen LogP contribution < -0.4 is 5.32 Å². The zero-order valence-electron chi connectivity index (χ0n) is 11.7. The summed E-state index contributed by atoms with van der Waals surface area (Å²) in [5.74, 6) is 1.60. The molecule has 2 atom stereocenters. The fourth-order valence-electron chi connectivity index (χ4n) is 6.30. The zero-order valence-corrected chi connectivity index (χ0v) is 11.7. The van der Waals surface area contributed by atoms with Crippen molar-refractivity contribution in [2.75, 3.05) is 0 Å². The van der Waals surface area contributed by atoms with Crippen molar-refractivity contribution >= 4 is 5.91 Å². The molecule has 1 N–H and O–H groups in total. The third-order valence-corrected chi connectivity index (χ3v) is 5.96. The summed E-state index contributed by atoms with van der Waals surface area (Å²) in [6.07, 6.45) is 10.2. The first-order valence-electron chi connectivity index (χ1n) is 7.72. The smallest absolute Gasteiger partial charge is 0.223 e. The maximum atomic E-state index is 12.2. The molecular formula is C16H25NO. The van der Waals surface area contributed by atoms with E-state index in [1.165, 1.54) is 38.5 Å². The molecule has 4 bridgehead atoms. The number of hydrogen-bond donors (Lipinski definition) is 1. The van der Waals surface area contributed by atoms with Gasteiger partial charge in [0, 0.05) is 11.5 Å². The van der Waals surface area contributed by atoms with Crippen molar-refractivity contribution in [2.45, 2.75) is 70.8 Å². The molecule has 1 amide bonds. The summed E-state index contributed by atoms with van der Waals surface area (Å²) in [4.78, 5) is 12.2. The highest BCUT2D eigenvalue weighted by Crippen LogP contribution is 2.66. The maximum absolute atomic E-state index is 12.2. The van der Waals surface area contributed by atoms with Crippen molar-refractivity contribution in [3.05, 3.63) is 0 Å². The molecule has 5 saturated carbocycles. The summed E-state index contributed by atoms with van der Waals surface area (Å²) >= 11 is 0. The van der Waals surface area contributed by atoms with Crippen molar-refractivity contribution < 1.29 is 4.79 Å². The van der Waals surface area contributed by atoms with Gasteiger partial charge in [-0.15, -0.1) is 0 Å². The molecule has 100 valence electrons. The van der Waals surface area contributed by atoms with Crippen LogP contribution in [0.15, 0.2) is 0 Å². The van der Waals surface area contributed by atoms with Crippen LogP contribution in [0.5, 0.6) is 0 Å². The number of nitrogens with one attached hydrogen (secondary N) is 1. The van der Waals surface area contributed by atoms with E-state index in [0.29, 0.717) is 22.7 Å². The molecule has 0 radical (unpaired) electrons. The van der Waals surface area contributed by atoms with Gasteiger partial charge in [-0.1, -0.05) is 13.8 Å². The van der Waals surface area contributed by atoms with Gasteiger partial charge in [-0.3, -0.25) is 4.79 Å². The number of carbonyl (C=O) groups is 1. The topological polar surface area (TPSA) is 29.1 Å². The summed E-state index contributed by atoms with van der Waals surface area (Å²) < 4.78 is 0. The van der Waals surface area contributed by atoms with Crippen LogP contribution in [0.2, 0.25) is 0 Å². The van der Waals surface area contributed by atoms with Crippen LogP contribution >= 0.6 is 0 Å². The van der Waals surface area contributed by atoms with Crippen LogP contribution in [0.3, 0.4) is 0 Å². The van der Waals surface area contributed by atoms with Gasteiger partial charge in [0.05, 0.1) is 0 Å². The second-order valence-electron chi connectivity index (χ2n) is 8.67. The lowest BCUT2D eigenvalue weighted by molar-refractivity contribution is -0.140. The van der Waals surface area contributed by atoms with E-state index in [2.05, 4.69) is 19.2 Å². The molecule has 0 aromatic heterocycles. The number of rotatable bonds is 2. The van der Waals surface area contributed by atoms with Crippen LogP contribution in [-0.4, -0.2) is 11.4 Å². The molecule has 0 heterocycles. The molecule has 0 saturated heterocycles. The molecule has 2 heteroatoms. The first kappa shape index (κ1) is 11.3. The standard InChI is InChI=1S/C16H25NO/c1-14-5-11-6-15(2,8-14)10-16(7-11,9-14)17-13(18)12-3-4-12/h11-12H,3-10H2,1-2H3,(H,17,18). The van der Waals surface area contributed by atoms with Gasteiger partial charge in [-0.05, 0) is 68.1 Å². The first-order chi connectivity index (χ1) is 8.40. The molecule has 0 aliphatic heterocycles. The lowest BCUT2D eigenvalue weighted by atomic mass is 9.43. The van der Waals surface area contributed by atoms with Crippen molar-refractivity contribution in [1.29, 1.82) is 0 Å². The van der Waals surface area contributed by atoms with Crippen LogP contribution in [0.1, 0.15) is 65.2 Å². The zero-order chi connectivity index (χ0) is 12.6. The number of hydrogen-bond acceptors (Lipinski definition) is 1. The summed E-state index contributed by atoms with van der Waals surface area (Å²) in [7, 11) is 0. The molecule has 2 unspecified atom stereocenters. The van der Waals surface area contributed by atoms with Gasteiger partial charge in [-0.25, -0.2) is 0 Å². The third-order valence-electron chi connectivity index (χ3n) is 5.96. The fourth-order valence-corrected chi connectivity index (χ4v) is 6.30. The second kappa shape index (κ2) is 3.13. The lowest BCUT2D eigenvalue weighted by Gasteiger charge is -2.65. The highest BCUT2D eigenvalue weighted by Gasteiger charge is 2.60. The Morgan fingerprint density at radius 2 is 1.61 bits per heavy atom. The van der Waals surface area contributed by atoms with Gasteiger partial charge in [0.2, 0.25) is 5.91 Å². The molecule has 0 aromatic rings. The molecular weight excluding hydrogens is 222 g/mol. The Bertz CT molecular complexity index is 393. The third kappa shape index (κ3) is 1.64. The number of carbonyl (C=O) groups excluding carboxylic acids is 1. The molecule has 5 rings (SSSR count). The van der Waals surface area contributed by atoms with E-state index in [1.54, 1.807) is 0 Å². The minimum atomic E-state index is 0.169. The van der Waals surface area contributed by atoms with E-state index in [9.17, 15) is 4.79 Å². The van der Waals surface area contributed by atoms with Crippen LogP contribution in [0.4, 0.5) is 0 Å². The molecule has 2 nitrogen and oxygen atoms in total. The minimum absolute atomic E-state index is 0.169. The van der Waals surface area contributed by atoms with Gasteiger partial charge in [0.1, 0.15) is 0 Å². The van der Waals surface area contributed by atoms with E-state index in [4.69, 9.17) is 0 Å². The average molecular weight is 247 g/mol. The Morgan fingerprint density at radius 3 is 2.11 bits per heavy atom. The van der Waals surface area contributed by atoms with Gasteiger partial charge < -0.3 is 5.32 Å². The molecule has 0 aromatic carbocycles. The maximum Gasteiger partial charge on any atom is 0.223 e. The summed E-state index contributed by atoms with van der Waals surface area (Å²) in [6, 6.07) is 0. The Kier molecular flexibility index (Phi) is 1.97. The summed E-state index contributed by atoms with van der Waals surface area (Å²) in [5.41, 5.74) is 1.18. The Balaban J connectivity index is 1.62. The quantitative estimate of drug-likeness (QED) is 0.797. The molecule has 5 aliphatic carbocycles. The molecule has 5 aliphatic rings. The van der Waals surface area contributed by atoms with Gasteiger partial charge >= 0.3 is 0 Å². The average Bonchev–Trinajstić information content (AvgIpc) is 2.91. The summed E-state index contributed by atoms with van der Waals surface area (Å²) in [6.45, 7) is 4.93. The van der Waals surface area contributed by atoms with Crippen LogP contribution in [0.25, 0.3) is 0 Å². The monoisotopic (exact) mass is 247 g/mol. The van der Waals surface area contributed by atoms with Gasteiger partial charge in [0.25, 0.3) is 0 Å². The van der Waals surface area contributed by atoms with E-state index < -0.39 is 0 Å². The largest absolute Gasteiger partial charge is 0.350 e. The van der Waals surface area contributed by atoms with Crippen molar-refractivity contribution in [1.82, 2.24) is 5.32 Å². The van der Waals surface area contributed by atoms with Crippen molar-refractivity contribution in [2.24, 2.45) is 22.7 Å². The van der Waals surface area contributed by atoms with E-state index >= 15 is 0 Å². The van der Waals surface area contributed by atoms with Crippen LogP contribution in [0, 0.1) is 22.7 Å². The predicted molar refractivity (Wildman–Crippen MR) is 71.0 cm³/mol. The highest BCUT2D eigenvalue weighted by molar-refractivity contribution is 5.81. The minimum Gasteiger partial charge on any atom is -0.350 e. The van der Waals surface area contributed by atoms with Crippen LogP contribution in [-0.2, 0) is 4.79 Å². The van der Waals surface area contributed by atoms with E-state index in [1.807, 2.05) is 0 Å². The summed E-state index contributed by atoms with van der Waals surface area (Å²) in [5, 5.41) is 3.50. The van der Waals surface area contributed by atoms with Gasteiger partial charge in [0.15, 0.2) is 0 Å². The lowest BCUT2D eigenvalue weighted by Crippen LogP contribution is -2.65. The van der Waals surface area contributed by atoms with Crippen molar-refractivity contribution in [3.8, 4) is 0 Å². The normalized spacial score (nSPS) is 53.6.